The Morgan fingerprint density at radius 1 is 1.15 bits per heavy atom. The summed E-state index contributed by atoms with van der Waals surface area (Å²) in [6.07, 6.45) is 8.36. The van der Waals surface area contributed by atoms with Crippen LogP contribution in [0, 0.1) is 12.7 Å². The quantitative estimate of drug-likeness (QED) is 0.522. The summed E-state index contributed by atoms with van der Waals surface area (Å²) in [5, 5.41) is 0. The van der Waals surface area contributed by atoms with Crippen LogP contribution >= 0.6 is 0 Å². The maximum Gasteiger partial charge on any atom is 0.250 e. The molecule has 0 N–H and O–H groups in total. The molecule has 2 fully saturated rings. The van der Waals surface area contributed by atoms with Crippen LogP contribution in [0.3, 0.4) is 0 Å². The second kappa shape index (κ2) is 9.33. The number of aryl methyl sites for hydroxylation is 1. The van der Waals surface area contributed by atoms with Crippen LogP contribution in [-0.2, 0) is 4.79 Å². The highest BCUT2D eigenvalue weighted by Gasteiger charge is 2.34. The first-order valence-electron chi connectivity index (χ1n) is 11.7. The minimum Gasteiger partial charge on any atom is -0.495 e. The molecule has 3 aromatic rings. The zero-order valence-corrected chi connectivity index (χ0v) is 19.6. The number of rotatable bonds is 5. The Hall–Kier alpha value is -3.61. The summed E-state index contributed by atoms with van der Waals surface area (Å²) in [6.45, 7) is 4.37. The van der Waals surface area contributed by atoms with Gasteiger partial charge in [0.2, 0.25) is 5.91 Å². The zero-order chi connectivity index (χ0) is 23.7. The SMILES string of the molecule is COc1cc(/C=C2\CCCN(C3CCN(c4ccc(F)cc4)C3)C2=O)ccc1-n1cnc(C)c1. The van der Waals surface area contributed by atoms with Gasteiger partial charge in [-0.15, -0.1) is 0 Å². The minimum absolute atomic E-state index is 0.116. The number of piperidine rings is 1. The number of benzene rings is 2. The van der Waals surface area contributed by atoms with Crippen molar-refractivity contribution in [3.8, 4) is 11.4 Å². The van der Waals surface area contributed by atoms with Crippen LogP contribution < -0.4 is 9.64 Å². The fourth-order valence-corrected chi connectivity index (χ4v) is 4.95. The van der Waals surface area contributed by atoms with Crippen LogP contribution in [0.4, 0.5) is 10.1 Å². The van der Waals surface area contributed by atoms with E-state index in [0.717, 1.165) is 72.9 Å². The van der Waals surface area contributed by atoms with Gasteiger partial charge in [0.15, 0.2) is 0 Å². The lowest BCUT2D eigenvalue weighted by molar-refractivity contribution is -0.130. The molecule has 0 bridgehead atoms. The van der Waals surface area contributed by atoms with Crippen LogP contribution in [0.25, 0.3) is 11.8 Å². The first-order chi connectivity index (χ1) is 16.5. The Bertz CT molecular complexity index is 1220. The second-order valence-corrected chi connectivity index (χ2v) is 8.99. The van der Waals surface area contributed by atoms with E-state index in [-0.39, 0.29) is 17.8 Å². The summed E-state index contributed by atoms with van der Waals surface area (Å²) < 4.78 is 20.8. The van der Waals surface area contributed by atoms with Gasteiger partial charge in [0.1, 0.15) is 11.6 Å². The lowest BCUT2D eigenvalue weighted by Crippen LogP contribution is -2.45. The maximum absolute atomic E-state index is 13.4. The molecular weight excluding hydrogens is 431 g/mol. The van der Waals surface area contributed by atoms with Crippen molar-refractivity contribution in [2.24, 2.45) is 0 Å². The number of imidazole rings is 1. The predicted molar refractivity (Wildman–Crippen MR) is 131 cm³/mol. The molecule has 1 unspecified atom stereocenters. The molecule has 2 aliphatic rings. The minimum atomic E-state index is -0.231. The number of anilines is 1. The van der Waals surface area contributed by atoms with Crippen molar-refractivity contribution < 1.29 is 13.9 Å². The van der Waals surface area contributed by atoms with Crippen molar-refractivity contribution in [1.82, 2.24) is 14.5 Å². The van der Waals surface area contributed by atoms with Crippen molar-refractivity contribution in [2.75, 3.05) is 31.6 Å². The lowest BCUT2D eigenvalue weighted by Gasteiger charge is -2.34. The van der Waals surface area contributed by atoms with Crippen molar-refractivity contribution in [2.45, 2.75) is 32.2 Å². The number of aromatic nitrogens is 2. The van der Waals surface area contributed by atoms with E-state index in [1.54, 1.807) is 13.4 Å². The number of hydrogen-bond acceptors (Lipinski definition) is 4. The molecule has 0 radical (unpaired) electrons. The largest absolute Gasteiger partial charge is 0.495 e. The van der Waals surface area contributed by atoms with E-state index in [1.165, 1.54) is 12.1 Å². The highest BCUT2D eigenvalue weighted by atomic mass is 19.1. The number of nitrogens with zero attached hydrogens (tertiary/aromatic N) is 4. The maximum atomic E-state index is 13.4. The molecule has 7 heteroatoms. The molecule has 3 heterocycles. The first kappa shape index (κ1) is 22.2. The van der Waals surface area contributed by atoms with Crippen molar-refractivity contribution in [3.05, 3.63) is 77.6 Å². The Labute approximate surface area is 199 Å². The van der Waals surface area contributed by atoms with E-state index in [9.17, 15) is 9.18 Å². The number of amides is 1. The van der Waals surface area contributed by atoms with Crippen LogP contribution in [0.15, 0.2) is 60.6 Å². The molecule has 34 heavy (non-hydrogen) atoms. The van der Waals surface area contributed by atoms with E-state index in [4.69, 9.17) is 4.74 Å². The number of likely N-dealkylation sites (tertiary alicyclic amines) is 1. The number of carbonyl (C=O) groups excluding carboxylic acids is 1. The molecule has 1 aromatic heterocycles. The summed E-state index contributed by atoms with van der Waals surface area (Å²) >= 11 is 0. The summed E-state index contributed by atoms with van der Waals surface area (Å²) in [6, 6.07) is 12.7. The summed E-state index contributed by atoms with van der Waals surface area (Å²) in [4.78, 5) is 21.9. The third kappa shape index (κ3) is 4.42. The first-order valence-corrected chi connectivity index (χ1v) is 11.7. The van der Waals surface area contributed by atoms with Crippen LogP contribution in [0.5, 0.6) is 5.75 Å². The van der Waals surface area contributed by atoms with Crippen molar-refractivity contribution in [3.63, 3.8) is 0 Å². The molecule has 0 spiro atoms. The molecule has 2 aliphatic heterocycles. The van der Waals surface area contributed by atoms with E-state index in [0.29, 0.717) is 0 Å². The summed E-state index contributed by atoms with van der Waals surface area (Å²) in [7, 11) is 1.65. The number of methoxy groups -OCH3 is 1. The standard InChI is InChI=1S/C27H29FN4O2/c1-19-16-31(18-29-19)25-10-5-20(15-26(25)34-2)14-21-4-3-12-32(27(21)33)24-11-13-30(17-24)23-8-6-22(28)7-9-23/h5-10,14-16,18,24H,3-4,11-13,17H2,1-2H3/b21-14+. The lowest BCUT2D eigenvalue weighted by atomic mass is 9.98. The Morgan fingerprint density at radius 3 is 2.71 bits per heavy atom. The molecule has 0 saturated carbocycles. The Morgan fingerprint density at radius 2 is 1.97 bits per heavy atom. The number of ether oxygens (including phenoxy) is 1. The second-order valence-electron chi connectivity index (χ2n) is 8.99. The third-order valence-corrected chi connectivity index (χ3v) is 6.71. The van der Waals surface area contributed by atoms with Crippen LogP contribution in [0.2, 0.25) is 0 Å². The number of carbonyl (C=O) groups is 1. The highest BCUT2D eigenvalue weighted by molar-refractivity contribution is 5.98. The van der Waals surface area contributed by atoms with Gasteiger partial charge < -0.3 is 19.1 Å². The van der Waals surface area contributed by atoms with E-state index in [1.807, 2.05) is 59.0 Å². The molecule has 5 rings (SSSR count). The van der Waals surface area contributed by atoms with Gasteiger partial charge in [0.05, 0.1) is 30.9 Å². The third-order valence-electron chi connectivity index (χ3n) is 6.71. The highest BCUT2D eigenvalue weighted by Crippen LogP contribution is 2.30. The molecule has 1 amide bonds. The van der Waals surface area contributed by atoms with Gasteiger partial charge in [-0.2, -0.15) is 0 Å². The number of hydrogen-bond donors (Lipinski definition) is 0. The molecule has 6 nitrogen and oxygen atoms in total. The van der Waals surface area contributed by atoms with Crippen molar-refractivity contribution >= 4 is 17.7 Å². The molecule has 1 atom stereocenters. The average molecular weight is 461 g/mol. The Kier molecular flexibility index (Phi) is 6.09. The zero-order valence-electron chi connectivity index (χ0n) is 19.6. The van der Waals surface area contributed by atoms with Crippen LogP contribution in [-0.4, -0.2) is 53.1 Å². The van der Waals surface area contributed by atoms with Gasteiger partial charge in [-0.25, -0.2) is 9.37 Å². The fraction of sp³-hybridized carbons (Fsp3) is 0.333. The smallest absolute Gasteiger partial charge is 0.250 e. The monoisotopic (exact) mass is 460 g/mol. The van der Waals surface area contributed by atoms with Gasteiger partial charge in [0, 0.05) is 37.1 Å². The number of halogens is 1. The van der Waals surface area contributed by atoms with Gasteiger partial charge >= 0.3 is 0 Å². The fourth-order valence-electron chi connectivity index (χ4n) is 4.95. The van der Waals surface area contributed by atoms with Gasteiger partial charge in [-0.1, -0.05) is 6.07 Å². The normalized spacial score (nSPS) is 19.8. The topological polar surface area (TPSA) is 50.6 Å². The molecule has 176 valence electrons. The predicted octanol–water partition coefficient (Wildman–Crippen LogP) is 4.61. The van der Waals surface area contributed by atoms with Gasteiger partial charge in [0.25, 0.3) is 0 Å². The van der Waals surface area contributed by atoms with E-state index < -0.39 is 0 Å². The summed E-state index contributed by atoms with van der Waals surface area (Å²) in [5.41, 5.74) is 4.63. The van der Waals surface area contributed by atoms with Gasteiger partial charge in [-0.3, -0.25) is 4.79 Å². The van der Waals surface area contributed by atoms with Crippen LogP contribution in [0.1, 0.15) is 30.5 Å². The molecule has 0 aliphatic carbocycles. The van der Waals surface area contributed by atoms with Gasteiger partial charge in [-0.05, 0) is 74.2 Å². The average Bonchev–Trinajstić information content (AvgIpc) is 3.50. The van der Waals surface area contributed by atoms with E-state index >= 15 is 0 Å². The van der Waals surface area contributed by atoms with E-state index in [2.05, 4.69) is 9.88 Å². The molecular formula is C27H29FN4O2. The molecule has 2 saturated heterocycles. The summed E-state index contributed by atoms with van der Waals surface area (Å²) in [5.74, 6) is 0.619. The molecule has 2 aromatic carbocycles. The van der Waals surface area contributed by atoms with Crippen molar-refractivity contribution in [1.29, 1.82) is 0 Å². The Balaban J connectivity index is 1.32.